The zero-order chi connectivity index (χ0) is 23.7. The monoisotopic (exact) mass is 477 g/mol. The van der Waals surface area contributed by atoms with E-state index < -0.39 is 0 Å². The Kier molecular flexibility index (Phi) is 6.30. The molecule has 1 amide bonds. The third kappa shape index (κ3) is 5.11. The van der Waals surface area contributed by atoms with Crippen molar-refractivity contribution in [3.8, 4) is 11.5 Å². The number of fused-ring (bicyclic) bond motifs is 1. The highest BCUT2D eigenvalue weighted by Crippen LogP contribution is 2.32. The van der Waals surface area contributed by atoms with Gasteiger partial charge in [0.25, 0.3) is 0 Å². The molecule has 0 bridgehead atoms. The van der Waals surface area contributed by atoms with Gasteiger partial charge in [0, 0.05) is 55.7 Å². The van der Waals surface area contributed by atoms with Crippen LogP contribution in [0.3, 0.4) is 0 Å². The molecule has 8 heteroatoms. The van der Waals surface area contributed by atoms with E-state index >= 15 is 0 Å². The smallest absolute Gasteiger partial charge is 0.344 e. The van der Waals surface area contributed by atoms with Gasteiger partial charge in [0.1, 0.15) is 11.5 Å². The summed E-state index contributed by atoms with van der Waals surface area (Å²) in [5, 5.41) is 8.06. The van der Waals surface area contributed by atoms with Crippen LogP contribution < -0.4 is 10.1 Å². The van der Waals surface area contributed by atoms with Crippen LogP contribution in [0.15, 0.2) is 73.1 Å². The molecule has 0 spiro atoms. The zero-order valence-corrected chi connectivity index (χ0v) is 19.9. The number of allylic oxidation sites excluding steroid dienone is 1. The summed E-state index contributed by atoms with van der Waals surface area (Å²) in [5.74, 6) is 3.21. The lowest BCUT2D eigenvalue weighted by atomic mass is 10.0. The summed E-state index contributed by atoms with van der Waals surface area (Å²) in [6.07, 6.45) is 1.70. The van der Waals surface area contributed by atoms with Crippen molar-refractivity contribution >= 4 is 23.4 Å². The number of carbonyl (C=O) groups excluding carboxylic acids is 1. The summed E-state index contributed by atoms with van der Waals surface area (Å²) < 4.78 is 7.30. The van der Waals surface area contributed by atoms with Gasteiger partial charge in [0.2, 0.25) is 0 Å². The van der Waals surface area contributed by atoms with E-state index in [1.54, 1.807) is 12.3 Å². The van der Waals surface area contributed by atoms with Gasteiger partial charge in [-0.3, -0.25) is 4.90 Å². The van der Waals surface area contributed by atoms with Crippen molar-refractivity contribution in [2.24, 2.45) is 11.8 Å². The van der Waals surface area contributed by atoms with Crippen molar-refractivity contribution in [3.63, 3.8) is 0 Å². The number of hydrogen-bond donors (Lipinski definition) is 1. The summed E-state index contributed by atoms with van der Waals surface area (Å²) in [6.45, 7) is 10.1. The molecule has 34 heavy (non-hydrogen) atoms. The quantitative estimate of drug-likeness (QED) is 0.521. The van der Waals surface area contributed by atoms with Crippen LogP contribution in [0.4, 0.5) is 10.6 Å². The maximum atomic E-state index is 12.9. The number of likely N-dealkylation sites (tertiary alicyclic amines) is 2. The number of hydrogen-bond acceptors (Lipinski definition) is 5. The molecule has 3 heterocycles. The molecule has 0 aliphatic carbocycles. The maximum Gasteiger partial charge on any atom is 0.344 e. The lowest BCUT2D eigenvalue weighted by Gasteiger charge is -2.21. The largest absolute Gasteiger partial charge is 0.457 e. The first-order valence-corrected chi connectivity index (χ1v) is 11.8. The summed E-state index contributed by atoms with van der Waals surface area (Å²) in [5.41, 5.74) is 2.04. The third-order valence-corrected chi connectivity index (χ3v) is 6.59. The molecule has 7 nitrogen and oxygen atoms in total. The minimum atomic E-state index is -0.0630. The van der Waals surface area contributed by atoms with Crippen molar-refractivity contribution in [3.05, 3.63) is 83.7 Å². The van der Waals surface area contributed by atoms with Crippen molar-refractivity contribution in [1.29, 1.82) is 0 Å². The molecule has 2 unspecified atom stereocenters. The Morgan fingerprint density at radius 2 is 1.65 bits per heavy atom. The van der Waals surface area contributed by atoms with Gasteiger partial charge in [-0.25, -0.2) is 4.79 Å². The fraction of sp³-hybridized carbons (Fsp3) is 0.308. The van der Waals surface area contributed by atoms with Crippen LogP contribution in [0.25, 0.3) is 0 Å². The van der Waals surface area contributed by atoms with Crippen LogP contribution in [-0.2, 0) is 6.54 Å². The van der Waals surface area contributed by atoms with E-state index in [2.05, 4.69) is 34.0 Å². The van der Waals surface area contributed by atoms with Crippen molar-refractivity contribution in [1.82, 2.24) is 19.6 Å². The second-order valence-electron chi connectivity index (χ2n) is 9.15. The Bertz CT molecular complexity index is 1160. The maximum absolute atomic E-state index is 12.9. The number of carbonyl (C=O) groups is 1. The Labute approximate surface area is 204 Å². The molecule has 2 fully saturated rings. The summed E-state index contributed by atoms with van der Waals surface area (Å²) in [4.78, 5) is 17.3. The molecule has 2 aliphatic rings. The lowest BCUT2D eigenvalue weighted by molar-refractivity contribution is 0.197. The molecule has 2 atom stereocenters. The molecule has 2 aromatic carbocycles. The molecule has 5 rings (SSSR count). The van der Waals surface area contributed by atoms with Gasteiger partial charge in [0.05, 0.1) is 0 Å². The Morgan fingerprint density at radius 1 is 1.03 bits per heavy atom. The van der Waals surface area contributed by atoms with Crippen molar-refractivity contribution in [2.45, 2.75) is 13.5 Å². The zero-order valence-electron chi connectivity index (χ0n) is 19.2. The molecular formula is C26H28ClN5O2. The van der Waals surface area contributed by atoms with Gasteiger partial charge in [-0.15, -0.1) is 5.10 Å². The van der Waals surface area contributed by atoms with E-state index in [0.717, 1.165) is 49.9 Å². The highest BCUT2D eigenvalue weighted by atomic mass is 35.5. The number of aromatic nitrogens is 2. The highest BCUT2D eigenvalue weighted by molar-refractivity contribution is 6.30. The van der Waals surface area contributed by atoms with E-state index in [1.165, 1.54) is 10.2 Å². The van der Waals surface area contributed by atoms with Gasteiger partial charge >= 0.3 is 6.03 Å². The fourth-order valence-corrected chi connectivity index (χ4v) is 4.92. The van der Waals surface area contributed by atoms with Gasteiger partial charge in [-0.1, -0.05) is 30.3 Å². The predicted molar refractivity (Wildman–Crippen MR) is 133 cm³/mol. The van der Waals surface area contributed by atoms with Crippen LogP contribution >= 0.6 is 11.6 Å². The predicted octanol–water partition coefficient (Wildman–Crippen LogP) is 5.31. The Balaban J connectivity index is 1.12. The number of amides is 1. The Morgan fingerprint density at radius 3 is 2.26 bits per heavy atom. The molecule has 0 saturated carbocycles. The average Bonchev–Trinajstić information content (AvgIpc) is 3.51. The second-order valence-corrected chi connectivity index (χ2v) is 9.59. The van der Waals surface area contributed by atoms with Crippen LogP contribution in [0.1, 0.15) is 12.5 Å². The standard InChI is InChI=1S/C26H28ClN5O2/c1-18(2)28-25-11-12-32(29-25)26(33)31-16-20-14-30(15-21(20)17-31)13-19-3-7-23(8-4-19)34-24-9-5-22(27)6-10-24/h3-12,20-21H,1,13-17H2,2H3,(H,28,29). The van der Waals surface area contributed by atoms with Crippen LogP contribution in [0.2, 0.25) is 5.02 Å². The van der Waals surface area contributed by atoms with E-state index in [1.807, 2.05) is 48.2 Å². The molecule has 2 saturated heterocycles. The minimum absolute atomic E-state index is 0.0630. The second kappa shape index (κ2) is 9.52. The number of halogens is 1. The first-order valence-electron chi connectivity index (χ1n) is 11.4. The molecule has 176 valence electrons. The summed E-state index contributed by atoms with van der Waals surface area (Å²) in [7, 11) is 0. The van der Waals surface area contributed by atoms with E-state index in [0.29, 0.717) is 22.7 Å². The van der Waals surface area contributed by atoms with Gasteiger partial charge in [-0.2, -0.15) is 4.68 Å². The van der Waals surface area contributed by atoms with E-state index in [-0.39, 0.29) is 6.03 Å². The number of benzene rings is 2. The van der Waals surface area contributed by atoms with Crippen LogP contribution in [0, 0.1) is 11.8 Å². The number of rotatable bonds is 6. The summed E-state index contributed by atoms with van der Waals surface area (Å²) >= 11 is 5.93. The van der Waals surface area contributed by atoms with E-state index in [4.69, 9.17) is 16.3 Å². The molecule has 1 aromatic heterocycles. The van der Waals surface area contributed by atoms with Gasteiger partial charge in [-0.05, 0) is 60.7 Å². The van der Waals surface area contributed by atoms with Crippen molar-refractivity contribution in [2.75, 3.05) is 31.5 Å². The number of ether oxygens (including phenoxy) is 1. The average molecular weight is 478 g/mol. The first-order chi connectivity index (χ1) is 16.4. The van der Waals surface area contributed by atoms with Crippen molar-refractivity contribution < 1.29 is 9.53 Å². The van der Waals surface area contributed by atoms with Gasteiger partial charge in [0.15, 0.2) is 5.82 Å². The summed E-state index contributed by atoms with van der Waals surface area (Å²) in [6, 6.07) is 17.3. The number of anilines is 1. The van der Waals surface area contributed by atoms with Gasteiger partial charge < -0.3 is 15.0 Å². The molecular weight excluding hydrogens is 450 g/mol. The highest BCUT2D eigenvalue weighted by Gasteiger charge is 2.41. The third-order valence-electron chi connectivity index (χ3n) is 6.34. The first kappa shape index (κ1) is 22.5. The minimum Gasteiger partial charge on any atom is -0.457 e. The Hall–Kier alpha value is -3.29. The molecule has 0 radical (unpaired) electrons. The lowest BCUT2D eigenvalue weighted by Crippen LogP contribution is -2.36. The topological polar surface area (TPSA) is 62.6 Å². The SMILES string of the molecule is C=C(C)Nc1ccn(C(=O)N2CC3CN(Cc4ccc(Oc5ccc(Cl)cc5)cc4)CC3C2)n1. The molecule has 3 aromatic rings. The number of nitrogens with one attached hydrogen (secondary N) is 1. The number of nitrogens with zero attached hydrogens (tertiary/aromatic N) is 4. The molecule has 2 aliphatic heterocycles. The van der Waals surface area contributed by atoms with E-state index in [9.17, 15) is 4.79 Å². The van der Waals surface area contributed by atoms with Crippen LogP contribution in [0.5, 0.6) is 11.5 Å². The van der Waals surface area contributed by atoms with Crippen LogP contribution in [-0.4, -0.2) is 51.8 Å². The normalized spacial score (nSPS) is 19.8. The molecule has 1 N–H and O–H groups in total. The fourth-order valence-electron chi connectivity index (χ4n) is 4.80.